The van der Waals surface area contributed by atoms with Gasteiger partial charge in [0.1, 0.15) is 6.17 Å². The molecule has 1 heterocycles. The molecule has 0 saturated carbocycles. The molecular formula is C9H19FN2. The number of alkyl halides is 1. The largest absolute Gasteiger partial charge is 0.324 e. The molecule has 3 heteroatoms. The van der Waals surface area contributed by atoms with Gasteiger partial charge >= 0.3 is 0 Å². The van der Waals surface area contributed by atoms with Gasteiger partial charge < -0.3 is 5.73 Å². The molecule has 72 valence electrons. The molecule has 0 aromatic carbocycles. The van der Waals surface area contributed by atoms with Crippen molar-refractivity contribution in [3.8, 4) is 0 Å². The lowest BCUT2D eigenvalue weighted by Crippen LogP contribution is -2.47. The molecule has 1 aliphatic rings. The summed E-state index contributed by atoms with van der Waals surface area (Å²) in [6.07, 6.45) is -0.862. The maximum absolute atomic E-state index is 13.2. The van der Waals surface area contributed by atoms with Crippen molar-refractivity contribution in [1.29, 1.82) is 0 Å². The minimum Gasteiger partial charge on any atom is -0.324 e. The summed E-state index contributed by atoms with van der Waals surface area (Å²) in [7, 11) is 0. The Morgan fingerprint density at radius 2 is 1.92 bits per heavy atom. The molecule has 3 atom stereocenters. The SMILES string of the molecule is C[C@@H]1[C@H](N)[C@@H](F)CN1C(C)(C)C. The normalized spacial score (nSPS) is 39.0. The number of rotatable bonds is 0. The Labute approximate surface area is 73.9 Å². The number of halogens is 1. The molecular weight excluding hydrogens is 155 g/mol. The highest BCUT2D eigenvalue weighted by molar-refractivity contribution is 4.98. The molecule has 0 aromatic heterocycles. The van der Waals surface area contributed by atoms with Crippen LogP contribution in [0.15, 0.2) is 0 Å². The summed E-state index contributed by atoms with van der Waals surface area (Å²) < 4.78 is 13.2. The molecule has 1 fully saturated rings. The second-order valence-electron chi connectivity index (χ2n) is 4.66. The summed E-state index contributed by atoms with van der Waals surface area (Å²) >= 11 is 0. The van der Waals surface area contributed by atoms with Crippen LogP contribution in [0.25, 0.3) is 0 Å². The fourth-order valence-electron chi connectivity index (χ4n) is 1.87. The first kappa shape index (κ1) is 9.93. The first-order valence-electron chi connectivity index (χ1n) is 4.50. The van der Waals surface area contributed by atoms with Gasteiger partial charge in [-0.2, -0.15) is 0 Å². The topological polar surface area (TPSA) is 29.3 Å². The van der Waals surface area contributed by atoms with E-state index in [2.05, 4.69) is 25.7 Å². The van der Waals surface area contributed by atoms with E-state index in [0.29, 0.717) is 6.54 Å². The fourth-order valence-corrected chi connectivity index (χ4v) is 1.87. The van der Waals surface area contributed by atoms with Gasteiger partial charge in [-0.25, -0.2) is 4.39 Å². The van der Waals surface area contributed by atoms with Crippen LogP contribution in [0.1, 0.15) is 27.7 Å². The van der Waals surface area contributed by atoms with Gasteiger partial charge in [-0.15, -0.1) is 0 Å². The number of hydrogen-bond donors (Lipinski definition) is 1. The molecule has 0 aromatic rings. The number of nitrogens with two attached hydrogens (primary N) is 1. The Kier molecular flexibility index (Phi) is 2.45. The minimum atomic E-state index is -0.862. The van der Waals surface area contributed by atoms with Crippen molar-refractivity contribution in [1.82, 2.24) is 4.90 Å². The minimum absolute atomic E-state index is 0.0257. The average molecular weight is 174 g/mol. The lowest BCUT2D eigenvalue weighted by Gasteiger charge is -2.35. The van der Waals surface area contributed by atoms with E-state index in [9.17, 15) is 4.39 Å². The number of hydrogen-bond acceptors (Lipinski definition) is 2. The van der Waals surface area contributed by atoms with E-state index in [-0.39, 0.29) is 17.6 Å². The first-order chi connectivity index (χ1) is 5.34. The maximum Gasteiger partial charge on any atom is 0.129 e. The maximum atomic E-state index is 13.2. The standard InChI is InChI=1S/C9H19FN2/c1-6-8(11)7(10)5-12(6)9(2,3)4/h6-8H,5,11H2,1-4H3/t6-,7+,8+/m1/s1. The van der Waals surface area contributed by atoms with Crippen LogP contribution in [0.3, 0.4) is 0 Å². The van der Waals surface area contributed by atoms with E-state index >= 15 is 0 Å². The molecule has 0 spiro atoms. The second-order valence-corrected chi connectivity index (χ2v) is 4.66. The zero-order valence-electron chi connectivity index (χ0n) is 8.34. The monoisotopic (exact) mass is 174 g/mol. The van der Waals surface area contributed by atoms with Crippen LogP contribution in [-0.2, 0) is 0 Å². The van der Waals surface area contributed by atoms with Gasteiger partial charge in [-0.1, -0.05) is 0 Å². The van der Waals surface area contributed by atoms with Crippen molar-refractivity contribution in [3.05, 3.63) is 0 Å². The average Bonchev–Trinajstić information content (AvgIpc) is 2.15. The van der Waals surface area contributed by atoms with E-state index in [1.807, 2.05) is 6.92 Å². The fraction of sp³-hybridized carbons (Fsp3) is 1.00. The number of likely N-dealkylation sites (tertiary alicyclic amines) is 1. The molecule has 1 saturated heterocycles. The smallest absolute Gasteiger partial charge is 0.129 e. The summed E-state index contributed by atoms with van der Waals surface area (Å²) in [4.78, 5) is 2.13. The third-order valence-electron chi connectivity index (χ3n) is 2.70. The molecule has 0 unspecified atom stereocenters. The van der Waals surface area contributed by atoms with E-state index in [1.165, 1.54) is 0 Å². The molecule has 0 bridgehead atoms. The molecule has 1 rings (SSSR count). The number of nitrogens with zero attached hydrogens (tertiary/aromatic N) is 1. The van der Waals surface area contributed by atoms with Gasteiger partial charge in [0.25, 0.3) is 0 Å². The molecule has 0 amide bonds. The third-order valence-corrected chi connectivity index (χ3v) is 2.70. The molecule has 2 nitrogen and oxygen atoms in total. The summed E-state index contributed by atoms with van der Waals surface area (Å²) in [5, 5.41) is 0. The highest BCUT2D eigenvalue weighted by atomic mass is 19.1. The van der Waals surface area contributed by atoms with E-state index < -0.39 is 6.17 Å². The van der Waals surface area contributed by atoms with Gasteiger partial charge in [-0.3, -0.25) is 4.90 Å². The highest BCUT2D eigenvalue weighted by Crippen LogP contribution is 2.26. The van der Waals surface area contributed by atoms with Gasteiger partial charge in [0.2, 0.25) is 0 Å². The molecule has 0 radical (unpaired) electrons. The molecule has 2 N–H and O–H groups in total. The first-order valence-corrected chi connectivity index (χ1v) is 4.50. The summed E-state index contributed by atoms with van der Waals surface area (Å²) in [5.74, 6) is 0. The van der Waals surface area contributed by atoms with Crippen molar-refractivity contribution in [2.24, 2.45) is 5.73 Å². The quantitative estimate of drug-likeness (QED) is 0.597. The Morgan fingerprint density at radius 3 is 2.08 bits per heavy atom. The molecule has 12 heavy (non-hydrogen) atoms. The van der Waals surface area contributed by atoms with Crippen molar-refractivity contribution in [2.75, 3.05) is 6.54 Å². The van der Waals surface area contributed by atoms with Crippen LogP contribution in [-0.4, -0.2) is 35.2 Å². The summed E-state index contributed by atoms with van der Waals surface area (Å²) in [6, 6.07) is -0.163. The second kappa shape index (κ2) is 2.96. The third kappa shape index (κ3) is 1.62. The zero-order valence-corrected chi connectivity index (χ0v) is 8.34. The van der Waals surface area contributed by atoms with Gasteiger partial charge in [0.15, 0.2) is 0 Å². The summed E-state index contributed by atoms with van der Waals surface area (Å²) in [6.45, 7) is 8.75. The van der Waals surface area contributed by atoms with Crippen molar-refractivity contribution >= 4 is 0 Å². The zero-order chi connectivity index (χ0) is 9.52. The van der Waals surface area contributed by atoms with Crippen LogP contribution in [0.2, 0.25) is 0 Å². The Bertz CT molecular complexity index is 164. The lowest BCUT2D eigenvalue weighted by molar-refractivity contribution is 0.122. The van der Waals surface area contributed by atoms with Crippen molar-refractivity contribution in [3.63, 3.8) is 0 Å². The van der Waals surface area contributed by atoms with Crippen molar-refractivity contribution in [2.45, 2.75) is 51.5 Å². The van der Waals surface area contributed by atoms with Crippen LogP contribution < -0.4 is 5.73 Å². The Morgan fingerprint density at radius 1 is 1.42 bits per heavy atom. The van der Waals surface area contributed by atoms with Gasteiger partial charge in [0, 0.05) is 18.1 Å². The van der Waals surface area contributed by atoms with E-state index in [4.69, 9.17) is 5.73 Å². The van der Waals surface area contributed by atoms with Crippen LogP contribution in [0.4, 0.5) is 4.39 Å². The van der Waals surface area contributed by atoms with Crippen LogP contribution in [0.5, 0.6) is 0 Å². The highest BCUT2D eigenvalue weighted by Gasteiger charge is 2.41. The molecule has 0 aliphatic carbocycles. The lowest BCUT2D eigenvalue weighted by atomic mass is 10.0. The van der Waals surface area contributed by atoms with Gasteiger partial charge in [-0.05, 0) is 27.7 Å². The predicted octanol–water partition coefficient (Wildman–Crippen LogP) is 1.15. The Hall–Kier alpha value is -0.150. The van der Waals surface area contributed by atoms with Gasteiger partial charge in [0.05, 0.1) is 6.04 Å². The van der Waals surface area contributed by atoms with Crippen LogP contribution in [0, 0.1) is 0 Å². The molecule has 1 aliphatic heterocycles. The summed E-state index contributed by atoms with van der Waals surface area (Å²) in [5.41, 5.74) is 5.72. The van der Waals surface area contributed by atoms with Crippen molar-refractivity contribution < 1.29 is 4.39 Å². The van der Waals surface area contributed by atoms with E-state index in [1.54, 1.807) is 0 Å². The van der Waals surface area contributed by atoms with E-state index in [0.717, 1.165) is 0 Å². The Balaban J connectivity index is 2.71. The predicted molar refractivity (Wildman–Crippen MR) is 48.8 cm³/mol. The van der Waals surface area contributed by atoms with Crippen LogP contribution >= 0.6 is 0 Å².